The van der Waals surface area contributed by atoms with Crippen LogP contribution < -0.4 is 0 Å². The lowest BCUT2D eigenvalue weighted by Crippen LogP contribution is -1.95. The lowest BCUT2D eigenvalue weighted by Gasteiger charge is -2.07. The van der Waals surface area contributed by atoms with E-state index in [9.17, 15) is 9.50 Å². The van der Waals surface area contributed by atoms with E-state index >= 15 is 0 Å². The Hall–Kier alpha value is -1.15. The topological polar surface area (TPSA) is 20.2 Å². The molecule has 1 N–H and O–H groups in total. The third kappa shape index (κ3) is 2.17. The standard InChI is InChI=1S/C10H11FO/c1-2-4-10(12)8-5-3-6-9(11)7-8/h2-3,5-7,10,12H,1,4H2/t10-/m0/s1. The van der Waals surface area contributed by atoms with Crippen molar-refractivity contribution in [1.29, 1.82) is 0 Å². The average Bonchev–Trinajstić information content (AvgIpc) is 2.05. The van der Waals surface area contributed by atoms with Gasteiger partial charge in [0, 0.05) is 0 Å². The fourth-order valence-corrected chi connectivity index (χ4v) is 1.01. The van der Waals surface area contributed by atoms with Gasteiger partial charge in [-0.1, -0.05) is 18.2 Å². The van der Waals surface area contributed by atoms with Crippen molar-refractivity contribution in [3.8, 4) is 0 Å². The number of aliphatic hydroxyl groups excluding tert-OH is 1. The minimum Gasteiger partial charge on any atom is -0.388 e. The molecule has 12 heavy (non-hydrogen) atoms. The summed E-state index contributed by atoms with van der Waals surface area (Å²) in [5.41, 5.74) is 0.593. The summed E-state index contributed by atoms with van der Waals surface area (Å²) in [5.74, 6) is -0.324. The number of halogens is 1. The molecule has 2 heteroatoms. The second kappa shape index (κ2) is 4.02. The highest BCUT2D eigenvalue weighted by Gasteiger charge is 2.04. The van der Waals surface area contributed by atoms with Crippen molar-refractivity contribution in [2.75, 3.05) is 0 Å². The molecular weight excluding hydrogens is 155 g/mol. The molecule has 0 aromatic heterocycles. The monoisotopic (exact) mass is 166 g/mol. The van der Waals surface area contributed by atoms with E-state index in [1.165, 1.54) is 12.1 Å². The predicted molar refractivity (Wildman–Crippen MR) is 46.2 cm³/mol. The number of rotatable bonds is 3. The molecule has 0 bridgehead atoms. The first-order chi connectivity index (χ1) is 5.74. The highest BCUT2D eigenvalue weighted by atomic mass is 19.1. The second-order valence-electron chi connectivity index (χ2n) is 2.60. The van der Waals surface area contributed by atoms with Crippen LogP contribution in [0.15, 0.2) is 36.9 Å². The first kappa shape index (κ1) is 8.94. The fourth-order valence-electron chi connectivity index (χ4n) is 1.01. The zero-order valence-electron chi connectivity index (χ0n) is 6.70. The molecule has 0 aliphatic carbocycles. The molecule has 0 aliphatic heterocycles. The van der Waals surface area contributed by atoms with Crippen LogP contribution in [0, 0.1) is 5.82 Å². The van der Waals surface area contributed by atoms with E-state index < -0.39 is 6.10 Å². The van der Waals surface area contributed by atoms with Gasteiger partial charge < -0.3 is 5.11 Å². The van der Waals surface area contributed by atoms with E-state index in [2.05, 4.69) is 6.58 Å². The lowest BCUT2D eigenvalue weighted by molar-refractivity contribution is 0.181. The molecule has 1 aromatic rings. The number of hydrogen-bond donors (Lipinski definition) is 1. The summed E-state index contributed by atoms with van der Waals surface area (Å²) in [5, 5.41) is 9.41. The molecule has 1 nitrogen and oxygen atoms in total. The summed E-state index contributed by atoms with van der Waals surface area (Å²) < 4.78 is 12.6. The Kier molecular flexibility index (Phi) is 3.00. The number of hydrogen-bond acceptors (Lipinski definition) is 1. The van der Waals surface area contributed by atoms with Gasteiger partial charge in [0.15, 0.2) is 0 Å². The molecule has 0 saturated heterocycles. The van der Waals surface area contributed by atoms with E-state index in [-0.39, 0.29) is 5.82 Å². The Balaban J connectivity index is 2.80. The molecule has 0 heterocycles. The Morgan fingerprint density at radius 3 is 2.92 bits per heavy atom. The van der Waals surface area contributed by atoms with Gasteiger partial charge in [0.25, 0.3) is 0 Å². The minimum absolute atomic E-state index is 0.324. The maximum absolute atomic E-state index is 12.6. The SMILES string of the molecule is C=CC[C@H](O)c1cccc(F)c1. The minimum atomic E-state index is -0.641. The molecular formula is C10H11FO. The van der Waals surface area contributed by atoms with Crippen molar-refractivity contribution in [2.24, 2.45) is 0 Å². The molecule has 1 atom stereocenters. The van der Waals surface area contributed by atoms with Crippen molar-refractivity contribution in [3.63, 3.8) is 0 Å². The second-order valence-corrected chi connectivity index (χ2v) is 2.60. The molecule has 0 amide bonds. The normalized spacial score (nSPS) is 12.5. The van der Waals surface area contributed by atoms with Gasteiger partial charge in [-0.05, 0) is 24.1 Å². The zero-order valence-corrected chi connectivity index (χ0v) is 6.70. The van der Waals surface area contributed by atoms with Gasteiger partial charge >= 0.3 is 0 Å². The van der Waals surface area contributed by atoms with Crippen LogP contribution in [0.4, 0.5) is 4.39 Å². The smallest absolute Gasteiger partial charge is 0.123 e. The third-order valence-corrected chi connectivity index (χ3v) is 1.62. The summed E-state index contributed by atoms with van der Waals surface area (Å²) in [7, 11) is 0. The lowest BCUT2D eigenvalue weighted by atomic mass is 10.1. The first-order valence-corrected chi connectivity index (χ1v) is 3.78. The Morgan fingerprint density at radius 2 is 2.33 bits per heavy atom. The largest absolute Gasteiger partial charge is 0.388 e. The molecule has 0 spiro atoms. The summed E-state index contributed by atoms with van der Waals surface area (Å²) in [6.45, 7) is 3.49. The van der Waals surface area contributed by atoms with Gasteiger partial charge in [-0.25, -0.2) is 4.39 Å². The van der Waals surface area contributed by atoms with Crippen molar-refractivity contribution in [2.45, 2.75) is 12.5 Å². The van der Waals surface area contributed by atoms with Crippen molar-refractivity contribution < 1.29 is 9.50 Å². The van der Waals surface area contributed by atoms with Crippen LogP contribution in [0.2, 0.25) is 0 Å². The molecule has 1 aromatic carbocycles. The van der Waals surface area contributed by atoms with Gasteiger partial charge in [0.05, 0.1) is 6.10 Å². The Labute approximate surface area is 71.2 Å². The fraction of sp³-hybridized carbons (Fsp3) is 0.200. The Bertz CT molecular complexity index is 270. The number of benzene rings is 1. The summed E-state index contributed by atoms with van der Waals surface area (Å²) in [6, 6.07) is 5.95. The zero-order chi connectivity index (χ0) is 8.97. The van der Waals surface area contributed by atoms with Crippen molar-refractivity contribution in [3.05, 3.63) is 48.3 Å². The predicted octanol–water partition coefficient (Wildman–Crippen LogP) is 2.44. The number of aliphatic hydroxyl groups is 1. The van der Waals surface area contributed by atoms with E-state index in [4.69, 9.17) is 0 Å². The molecule has 0 aliphatic rings. The van der Waals surface area contributed by atoms with Crippen LogP contribution >= 0.6 is 0 Å². The molecule has 0 fully saturated rings. The van der Waals surface area contributed by atoms with Gasteiger partial charge in [-0.3, -0.25) is 0 Å². The van der Waals surface area contributed by atoms with Crippen LogP contribution in [-0.4, -0.2) is 5.11 Å². The maximum atomic E-state index is 12.6. The molecule has 1 rings (SSSR count). The summed E-state index contributed by atoms with van der Waals surface area (Å²) in [4.78, 5) is 0. The molecule has 64 valence electrons. The van der Waals surface area contributed by atoms with Crippen LogP contribution in [0.1, 0.15) is 18.1 Å². The highest BCUT2D eigenvalue weighted by Crippen LogP contribution is 2.17. The summed E-state index contributed by atoms with van der Waals surface area (Å²) in [6.07, 6.45) is 1.41. The molecule has 0 radical (unpaired) electrons. The van der Waals surface area contributed by atoms with Crippen LogP contribution in [-0.2, 0) is 0 Å². The molecule has 0 saturated carbocycles. The van der Waals surface area contributed by atoms with Crippen LogP contribution in [0.5, 0.6) is 0 Å². The van der Waals surface area contributed by atoms with Gasteiger partial charge in [0.1, 0.15) is 5.82 Å². The van der Waals surface area contributed by atoms with Gasteiger partial charge in [-0.2, -0.15) is 0 Å². The van der Waals surface area contributed by atoms with E-state index in [0.29, 0.717) is 12.0 Å². The van der Waals surface area contributed by atoms with Crippen LogP contribution in [0.25, 0.3) is 0 Å². The van der Waals surface area contributed by atoms with Gasteiger partial charge in [0.2, 0.25) is 0 Å². The third-order valence-electron chi connectivity index (χ3n) is 1.62. The molecule has 0 unspecified atom stereocenters. The highest BCUT2D eigenvalue weighted by molar-refractivity contribution is 5.19. The Morgan fingerprint density at radius 1 is 1.58 bits per heavy atom. The van der Waals surface area contributed by atoms with E-state index in [0.717, 1.165) is 0 Å². The van der Waals surface area contributed by atoms with E-state index in [1.54, 1.807) is 18.2 Å². The maximum Gasteiger partial charge on any atom is 0.123 e. The first-order valence-electron chi connectivity index (χ1n) is 3.78. The van der Waals surface area contributed by atoms with Crippen molar-refractivity contribution >= 4 is 0 Å². The van der Waals surface area contributed by atoms with Gasteiger partial charge in [-0.15, -0.1) is 6.58 Å². The van der Waals surface area contributed by atoms with E-state index in [1.807, 2.05) is 0 Å². The quantitative estimate of drug-likeness (QED) is 0.684. The average molecular weight is 166 g/mol. The van der Waals surface area contributed by atoms with Crippen LogP contribution in [0.3, 0.4) is 0 Å². The van der Waals surface area contributed by atoms with Crippen molar-refractivity contribution in [1.82, 2.24) is 0 Å². The summed E-state index contributed by atoms with van der Waals surface area (Å²) >= 11 is 0.